The van der Waals surface area contributed by atoms with Crippen molar-refractivity contribution in [2.45, 2.75) is 12.5 Å². The molecule has 1 fully saturated rings. The number of likely N-dealkylation sites (tertiary alicyclic amines) is 1. The summed E-state index contributed by atoms with van der Waals surface area (Å²) in [5.41, 5.74) is -0.0973. The molecule has 1 atom stereocenters. The fourth-order valence-electron chi connectivity index (χ4n) is 2.24. The van der Waals surface area contributed by atoms with E-state index in [2.05, 4.69) is 10.2 Å². The number of anilines is 1. The Bertz CT molecular complexity index is 518. The standard InChI is InChI=1S/C12H15N3O4/c1-14-5-4-9(7-14)13-8-2-3-10(12(16)17)11(6-8)15(18)19/h2-3,6,9,13H,4-5,7H2,1H3,(H,16,17). The Hall–Kier alpha value is -2.15. The third kappa shape index (κ3) is 3.00. The topological polar surface area (TPSA) is 95.7 Å². The van der Waals surface area contributed by atoms with Gasteiger partial charge >= 0.3 is 5.97 Å². The zero-order valence-electron chi connectivity index (χ0n) is 10.5. The number of nitro groups is 1. The van der Waals surface area contributed by atoms with Crippen LogP contribution < -0.4 is 5.32 Å². The summed E-state index contributed by atoms with van der Waals surface area (Å²) < 4.78 is 0. The van der Waals surface area contributed by atoms with Crippen molar-refractivity contribution in [3.63, 3.8) is 0 Å². The van der Waals surface area contributed by atoms with Crippen molar-refractivity contribution in [2.75, 3.05) is 25.5 Å². The quantitative estimate of drug-likeness (QED) is 0.631. The number of nitrogens with zero attached hydrogens (tertiary/aromatic N) is 2. The highest BCUT2D eigenvalue weighted by atomic mass is 16.6. The molecule has 1 saturated heterocycles. The molecule has 7 heteroatoms. The van der Waals surface area contributed by atoms with Crippen LogP contribution in [0.15, 0.2) is 18.2 Å². The van der Waals surface area contributed by atoms with Gasteiger partial charge in [-0.15, -0.1) is 0 Å². The number of benzene rings is 1. The van der Waals surface area contributed by atoms with Gasteiger partial charge in [0, 0.05) is 24.3 Å². The number of hydrogen-bond donors (Lipinski definition) is 2. The van der Waals surface area contributed by atoms with Crippen LogP contribution in [0.2, 0.25) is 0 Å². The zero-order valence-corrected chi connectivity index (χ0v) is 10.5. The summed E-state index contributed by atoms with van der Waals surface area (Å²) in [7, 11) is 2.01. The molecule has 1 aliphatic heterocycles. The molecule has 0 amide bonds. The smallest absolute Gasteiger partial charge is 0.342 e. The van der Waals surface area contributed by atoms with E-state index in [0.717, 1.165) is 19.5 Å². The summed E-state index contributed by atoms with van der Waals surface area (Å²) in [5.74, 6) is -1.29. The molecule has 1 aliphatic rings. The van der Waals surface area contributed by atoms with Crippen LogP contribution in [0.3, 0.4) is 0 Å². The normalized spacial score (nSPS) is 19.3. The molecule has 2 rings (SSSR count). The van der Waals surface area contributed by atoms with Gasteiger partial charge in [-0.2, -0.15) is 0 Å². The van der Waals surface area contributed by atoms with E-state index in [9.17, 15) is 14.9 Å². The van der Waals surface area contributed by atoms with Gasteiger partial charge in [-0.1, -0.05) is 0 Å². The summed E-state index contributed by atoms with van der Waals surface area (Å²) in [6, 6.07) is 4.35. The van der Waals surface area contributed by atoms with Crippen LogP contribution in [0.5, 0.6) is 0 Å². The van der Waals surface area contributed by atoms with E-state index in [4.69, 9.17) is 5.11 Å². The lowest BCUT2D eigenvalue weighted by Crippen LogP contribution is -2.23. The third-order valence-electron chi connectivity index (χ3n) is 3.19. The predicted molar refractivity (Wildman–Crippen MR) is 69.6 cm³/mol. The zero-order chi connectivity index (χ0) is 14.0. The van der Waals surface area contributed by atoms with E-state index < -0.39 is 10.9 Å². The van der Waals surface area contributed by atoms with E-state index in [1.54, 1.807) is 6.07 Å². The molecule has 7 nitrogen and oxygen atoms in total. The maximum absolute atomic E-state index is 10.9. The van der Waals surface area contributed by atoms with Gasteiger partial charge in [-0.3, -0.25) is 10.1 Å². The highest BCUT2D eigenvalue weighted by molar-refractivity contribution is 5.93. The van der Waals surface area contributed by atoms with Gasteiger partial charge in [0.1, 0.15) is 5.56 Å². The van der Waals surface area contributed by atoms with Crippen molar-refractivity contribution in [1.29, 1.82) is 0 Å². The molecule has 2 N–H and O–H groups in total. The maximum atomic E-state index is 10.9. The van der Waals surface area contributed by atoms with E-state index in [1.165, 1.54) is 12.1 Å². The van der Waals surface area contributed by atoms with Crippen LogP contribution in [-0.2, 0) is 0 Å². The van der Waals surface area contributed by atoms with E-state index in [1.807, 2.05) is 7.05 Å². The van der Waals surface area contributed by atoms with Crippen molar-refractivity contribution in [3.8, 4) is 0 Å². The van der Waals surface area contributed by atoms with Gasteiger partial charge in [0.25, 0.3) is 5.69 Å². The lowest BCUT2D eigenvalue weighted by atomic mass is 10.1. The van der Waals surface area contributed by atoms with Gasteiger partial charge in [-0.05, 0) is 32.1 Å². The molecule has 0 aromatic heterocycles. The molecule has 102 valence electrons. The third-order valence-corrected chi connectivity index (χ3v) is 3.19. The number of carbonyl (C=O) groups is 1. The maximum Gasteiger partial charge on any atom is 0.342 e. The first-order valence-corrected chi connectivity index (χ1v) is 5.94. The lowest BCUT2D eigenvalue weighted by Gasteiger charge is -2.14. The number of carboxylic acid groups (broad SMARTS) is 1. The summed E-state index contributed by atoms with van der Waals surface area (Å²) in [6.45, 7) is 1.85. The summed E-state index contributed by atoms with van der Waals surface area (Å²) in [6.07, 6.45) is 0.963. The van der Waals surface area contributed by atoms with Crippen molar-refractivity contribution >= 4 is 17.3 Å². The van der Waals surface area contributed by atoms with E-state index in [-0.39, 0.29) is 17.3 Å². The van der Waals surface area contributed by atoms with Crippen molar-refractivity contribution in [1.82, 2.24) is 4.90 Å². The van der Waals surface area contributed by atoms with Gasteiger partial charge in [0.2, 0.25) is 0 Å². The second-order valence-electron chi connectivity index (χ2n) is 4.69. The molecule has 1 aromatic carbocycles. The van der Waals surface area contributed by atoms with Crippen LogP contribution in [0, 0.1) is 10.1 Å². The Balaban J connectivity index is 2.21. The van der Waals surface area contributed by atoms with Gasteiger partial charge in [0.05, 0.1) is 4.92 Å². The van der Waals surface area contributed by atoms with Crippen molar-refractivity contribution in [3.05, 3.63) is 33.9 Å². The molecule has 1 unspecified atom stereocenters. The molecule has 19 heavy (non-hydrogen) atoms. The number of nitrogens with one attached hydrogen (secondary N) is 1. The Morgan fingerprint density at radius 3 is 2.84 bits per heavy atom. The summed E-state index contributed by atoms with van der Waals surface area (Å²) in [5, 5.41) is 23.0. The largest absolute Gasteiger partial charge is 0.477 e. The monoisotopic (exact) mass is 265 g/mol. The molecule has 0 saturated carbocycles. The number of carboxylic acids is 1. The number of nitro benzene ring substituents is 1. The first kappa shape index (κ1) is 13.3. The average molecular weight is 265 g/mol. The van der Waals surface area contributed by atoms with Gasteiger partial charge in [-0.25, -0.2) is 4.79 Å². The minimum Gasteiger partial charge on any atom is -0.477 e. The van der Waals surface area contributed by atoms with Crippen LogP contribution in [0.25, 0.3) is 0 Å². The molecule has 0 bridgehead atoms. The van der Waals surface area contributed by atoms with Gasteiger partial charge in [0.15, 0.2) is 0 Å². The number of likely N-dealkylation sites (N-methyl/N-ethyl adjacent to an activating group) is 1. The van der Waals surface area contributed by atoms with Gasteiger partial charge < -0.3 is 15.3 Å². The minimum atomic E-state index is -1.29. The molecule has 0 spiro atoms. The van der Waals surface area contributed by atoms with Crippen LogP contribution in [-0.4, -0.2) is 47.1 Å². The Morgan fingerprint density at radius 2 is 2.32 bits per heavy atom. The highest BCUT2D eigenvalue weighted by Crippen LogP contribution is 2.24. The molecular weight excluding hydrogens is 250 g/mol. The SMILES string of the molecule is CN1CCC(Nc2ccc(C(=O)O)c([N+](=O)[O-])c2)C1. The second-order valence-corrected chi connectivity index (χ2v) is 4.69. The van der Waals surface area contributed by atoms with Crippen LogP contribution in [0.4, 0.5) is 11.4 Å². The Labute approximate surface area is 110 Å². The van der Waals surface area contributed by atoms with Crippen molar-refractivity contribution < 1.29 is 14.8 Å². The Morgan fingerprint density at radius 1 is 1.58 bits per heavy atom. The number of rotatable bonds is 4. The van der Waals surface area contributed by atoms with Crippen molar-refractivity contribution in [2.24, 2.45) is 0 Å². The average Bonchev–Trinajstić information content (AvgIpc) is 2.74. The fraction of sp³-hybridized carbons (Fsp3) is 0.417. The predicted octanol–water partition coefficient (Wildman–Crippen LogP) is 1.41. The summed E-state index contributed by atoms with van der Waals surface area (Å²) in [4.78, 5) is 23.3. The molecule has 0 aliphatic carbocycles. The molecular formula is C12H15N3O4. The fourth-order valence-corrected chi connectivity index (χ4v) is 2.24. The molecule has 1 aromatic rings. The first-order valence-electron chi connectivity index (χ1n) is 5.94. The van der Waals surface area contributed by atoms with E-state index >= 15 is 0 Å². The first-order chi connectivity index (χ1) is 8.97. The Kier molecular flexibility index (Phi) is 3.66. The molecule has 1 heterocycles. The molecule has 0 radical (unpaired) electrons. The second kappa shape index (κ2) is 5.23. The number of hydrogen-bond acceptors (Lipinski definition) is 5. The lowest BCUT2D eigenvalue weighted by molar-refractivity contribution is -0.385. The minimum absolute atomic E-state index is 0.236. The van der Waals surface area contributed by atoms with E-state index in [0.29, 0.717) is 5.69 Å². The highest BCUT2D eigenvalue weighted by Gasteiger charge is 2.23. The van der Waals surface area contributed by atoms with Crippen LogP contribution in [0.1, 0.15) is 16.8 Å². The summed E-state index contributed by atoms with van der Waals surface area (Å²) >= 11 is 0. The van der Waals surface area contributed by atoms with Crippen LogP contribution >= 0.6 is 0 Å². The number of aromatic carboxylic acids is 1.